The molecule has 0 saturated carbocycles. The SMILES string of the molecule is COc1cccc(CN2CCN(c3ccc(C#N)cn3)CC2)c1O. The van der Waals surface area contributed by atoms with E-state index in [1.165, 1.54) is 0 Å². The minimum absolute atomic E-state index is 0.219. The Hall–Kier alpha value is -2.78. The number of aromatic nitrogens is 1. The van der Waals surface area contributed by atoms with Crippen LogP contribution >= 0.6 is 0 Å². The topological polar surface area (TPSA) is 72.6 Å². The molecule has 1 saturated heterocycles. The molecule has 2 heterocycles. The van der Waals surface area contributed by atoms with Gasteiger partial charge in [-0.25, -0.2) is 4.98 Å². The van der Waals surface area contributed by atoms with Crippen LogP contribution in [0.1, 0.15) is 11.1 Å². The van der Waals surface area contributed by atoms with E-state index >= 15 is 0 Å². The summed E-state index contributed by atoms with van der Waals surface area (Å²) in [5.41, 5.74) is 1.45. The molecular formula is C18H20N4O2. The molecule has 1 N–H and O–H groups in total. The first kappa shape index (κ1) is 16.1. The van der Waals surface area contributed by atoms with Gasteiger partial charge in [-0.1, -0.05) is 12.1 Å². The molecule has 0 spiro atoms. The number of para-hydroxylation sites is 1. The summed E-state index contributed by atoms with van der Waals surface area (Å²) in [7, 11) is 1.56. The van der Waals surface area contributed by atoms with E-state index in [4.69, 9.17) is 10.00 Å². The van der Waals surface area contributed by atoms with Crippen LogP contribution in [0.5, 0.6) is 11.5 Å². The average Bonchev–Trinajstić information content (AvgIpc) is 2.64. The highest BCUT2D eigenvalue weighted by Crippen LogP contribution is 2.30. The maximum absolute atomic E-state index is 10.2. The largest absolute Gasteiger partial charge is 0.504 e. The van der Waals surface area contributed by atoms with Crippen molar-refractivity contribution in [1.29, 1.82) is 5.26 Å². The molecule has 24 heavy (non-hydrogen) atoms. The second-order valence-electron chi connectivity index (χ2n) is 5.75. The molecule has 0 amide bonds. The minimum Gasteiger partial charge on any atom is -0.504 e. The lowest BCUT2D eigenvalue weighted by atomic mass is 10.1. The quantitative estimate of drug-likeness (QED) is 0.927. The smallest absolute Gasteiger partial charge is 0.162 e. The summed E-state index contributed by atoms with van der Waals surface area (Å²) >= 11 is 0. The van der Waals surface area contributed by atoms with Crippen molar-refractivity contribution < 1.29 is 9.84 Å². The number of phenols is 1. The van der Waals surface area contributed by atoms with Crippen LogP contribution < -0.4 is 9.64 Å². The number of aromatic hydroxyl groups is 1. The van der Waals surface area contributed by atoms with E-state index in [1.807, 2.05) is 18.2 Å². The number of ether oxygens (including phenoxy) is 1. The van der Waals surface area contributed by atoms with E-state index < -0.39 is 0 Å². The molecule has 3 rings (SSSR count). The fourth-order valence-corrected chi connectivity index (χ4v) is 2.88. The molecule has 124 valence electrons. The first-order valence-corrected chi connectivity index (χ1v) is 7.89. The third kappa shape index (κ3) is 3.42. The maximum atomic E-state index is 10.2. The van der Waals surface area contributed by atoms with Crippen molar-refractivity contribution in [2.75, 3.05) is 38.2 Å². The van der Waals surface area contributed by atoms with Gasteiger partial charge >= 0.3 is 0 Å². The van der Waals surface area contributed by atoms with Crippen molar-refractivity contribution >= 4 is 5.82 Å². The number of phenolic OH excluding ortho intramolecular Hbond substituents is 1. The molecule has 1 fully saturated rings. The Bertz CT molecular complexity index is 732. The van der Waals surface area contributed by atoms with E-state index in [0.29, 0.717) is 17.9 Å². The summed E-state index contributed by atoms with van der Waals surface area (Å²) in [6, 6.07) is 11.3. The monoisotopic (exact) mass is 324 g/mol. The van der Waals surface area contributed by atoms with E-state index in [9.17, 15) is 5.11 Å². The van der Waals surface area contributed by atoms with Gasteiger partial charge in [0.1, 0.15) is 11.9 Å². The van der Waals surface area contributed by atoms with Crippen LogP contribution in [0.4, 0.5) is 5.82 Å². The summed E-state index contributed by atoms with van der Waals surface area (Å²) in [6.45, 7) is 4.20. The second-order valence-corrected chi connectivity index (χ2v) is 5.75. The van der Waals surface area contributed by atoms with Crippen LogP contribution in [0.25, 0.3) is 0 Å². The van der Waals surface area contributed by atoms with Crippen molar-refractivity contribution in [2.45, 2.75) is 6.54 Å². The zero-order valence-electron chi connectivity index (χ0n) is 13.6. The van der Waals surface area contributed by atoms with Gasteiger partial charge in [0.25, 0.3) is 0 Å². The molecule has 1 aliphatic rings. The van der Waals surface area contributed by atoms with Gasteiger partial charge in [-0.2, -0.15) is 5.26 Å². The van der Waals surface area contributed by atoms with Crippen molar-refractivity contribution in [3.05, 3.63) is 47.7 Å². The predicted molar refractivity (Wildman–Crippen MR) is 91.1 cm³/mol. The summed E-state index contributed by atoms with van der Waals surface area (Å²) in [5.74, 6) is 1.63. The van der Waals surface area contributed by atoms with E-state index in [1.54, 1.807) is 25.4 Å². The number of nitrogens with zero attached hydrogens (tertiary/aromatic N) is 4. The number of benzene rings is 1. The van der Waals surface area contributed by atoms with Crippen molar-refractivity contribution in [1.82, 2.24) is 9.88 Å². The Labute approximate surface area is 141 Å². The normalized spacial score (nSPS) is 15.1. The highest BCUT2D eigenvalue weighted by atomic mass is 16.5. The molecule has 1 aliphatic heterocycles. The lowest BCUT2D eigenvalue weighted by Crippen LogP contribution is -2.46. The second kappa shape index (κ2) is 7.20. The Balaban J connectivity index is 1.60. The van der Waals surface area contributed by atoms with Crippen LogP contribution in [0.3, 0.4) is 0 Å². The van der Waals surface area contributed by atoms with Gasteiger partial charge in [-0.05, 0) is 18.2 Å². The van der Waals surface area contributed by atoms with Gasteiger partial charge in [-0.3, -0.25) is 4.90 Å². The summed E-state index contributed by atoms with van der Waals surface area (Å²) in [6.07, 6.45) is 1.61. The fraction of sp³-hybridized carbons (Fsp3) is 0.333. The Morgan fingerprint density at radius 1 is 1.21 bits per heavy atom. The van der Waals surface area contributed by atoms with Gasteiger partial charge in [0.2, 0.25) is 0 Å². The van der Waals surface area contributed by atoms with Gasteiger partial charge in [0.05, 0.1) is 12.7 Å². The van der Waals surface area contributed by atoms with Gasteiger partial charge in [-0.15, -0.1) is 0 Å². The highest BCUT2D eigenvalue weighted by molar-refractivity contribution is 5.45. The lowest BCUT2D eigenvalue weighted by molar-refractivity contribution is 0.245. The molecule has 0 bridgehead atoms. The molecule has 1 aromatic carbocycles. The van der Waals surface area contributed by atoms with Crippen LogP contribution in [0.2, 0.25) is 0 Å². The number of hydrogen-bond donors (Lipinski definition) is 1. The van der Waals surface area contributed by atoms with E-state index in [2.05, 4.69) is 20.9 Å². The van der Waals surface area contributed by atoms with Crippen LogP contribution in [0, 0.1) is 11.3 Å². The summed E-state index contributed by atoms with van der Waals surface area (Å²) in [4.78, 5) is 8.86. The number of methoxy groups -OCH3 is 1. The standard InChI is InChI=1S/C18H20N4O2/c1-24-16-4-2-3-15(18(16)23)13-21-7-9-22(10-8-21)17-6-5-14(11-19)12-20-17/h2-6,12,23H,7-10,13H2,1H3. The minimum atomic E-state index is 0.219. The third-order valence-electron chi connectivity index (χ3n) is 4.27. The molecular weight excluding hydrogens is 304 g/mol. The Morgan fingerprint density at radius 2 is 2.00 bits per heavy atom. The number of pyridine rings is 1. The number of hydrogen-bond acceptors (Lipinski definition) is 6. The molecule has 2 aromatic rings. The van der Waals surface area contributed by atoms with E-state index in [-0.39, 0.29) is 5.75 Å². The summed E-state index contributed by atoms with van der Waals surface area (Å²) < 4.78 is 5.16. The first-order valence-electron chi connectivity index (χ1n) is 7.89. The highest BCUT2D eigenvalue weighted by Gasteiger charge is 2.19. The van der Waals surface area contributed by atoms with Gasteiger partial charge in [0, 0.05) is 44.5 Å². The Kier molecular flexibility index (Phi) is 4.82. The number of nitriles is 1. The third-order valence-corrected chi connectivity index (χ3v) is 4.27. The fourth-order valence-electron chi connectivity index (χ4n) is 2.88. The van der Waals surface area contributed by atoms with E-state index in [0.717, 1.165) is 37.6 Å². The predicted octanol–water partition coefficient (Wildman–Crippen LogP) is 1.99. The van der Waals surface area contributed by atoms with Crippen LogP contribution in [-0.4, -0.2) is 48.3 Å². The molecule has 0 unspecified atom stereocenters. The molecule has 6 nitrogen and oxygen atoms in total. The Morgan fingerprint density at radius 3 is 2.62 bits per heavy atom. The van der Waals surface area contributed by atoms with Crippen molar-refractivity contribution in [2.24, 2.45) is 0 Å². The molecule has 6 heteroatoms. The maximum Gasteiger partial charge on any atom is 0.162 e. The van der Waals surface area contributed by atoms with Crippen LogP contribution in [-0.2, 0) is 6.54 Å². The first-order chi connectivity index (χ1) is 11.7. The molecule has 1 aromatic heterocycles. The molecule has 0 aliphatic carbocycles. The lowest BCUT2D eigenvalue weighted by Gasteiger charge is -2.35. The number of rotatable bonds is 4. The van der Waals surface area contributed by atoms with Crippen molar-refractivity contribution in [3.63, 3.8) is 0 Å². The number of anilines is 1. The number of piperazine rings is 1. The average molecular weight is 324 g/mol. The zero-order chi connectivity index (χ0) is 16.9. The van der Waals surface area contributed by atoms with Gasteiger partial charge < -0.3 is 14.7 Å². The van der Waals surface area contributed by atoms with Gasteiger partial charge in [0.15, 0.2) is 11.5 Å². The summed E-state index contributed by atoms with van der Waals surface area (Å²) in [5, 5.41) is 19.0. The van der Waals surface area contributed by atoms with Crippen LogP contribution in [0.15, 0.2) is 36.5 Å². The molecule has 0 atom stereocenters. The van der Waals surface area contributed by atoms with Crippen molar-refractivity contribution in [3.8, 4) is 17.6 Å². The zero-order valence-corrected chi connectivity index (χ0v) is 13.6. The molecule has 0 radical (unpaired) electrons.